The standard InChI is InChI=1S/C48H84N2/c1-3-5-7-9-11-13-15-17-19-21-23-25-27-29-31-33-35-39-45-42-44-50-48(47-41-37-38-43-49-47)46(45)40-36-34-32-30-28-26-24-22-20-18-16-14-12-10-8-6-4-2/h37-38,41-44H,3-36,39-40H2,1-2H3. The Morgan fingerprint density at radius 1 is 0.340 bits per heavy atom. The minimum absolute atomic E-state index is 1.04. The fraction of sp³-hybridized carbons (Fsp3) is 0.792. The zero-order valence-electron chi connectivity index (χ0n) is 33.8. The van der Waals surface area contributed by atoms with Gasteiger partial charge in [-0.1, -0.05) is 225 Å². The maximum atomic E-state index is 4.87. The molecule has 2 heteroatoms. The molecule has 0 fully saturated rings. The monoisotopic (exact) mass is 689 g/mol. The Bertz CT molecular complexity index is 969. The molecule has 0 N–H and O–H groups in total. The second-order valence-corrected chi connectivity index (χ2v) is 15.8. The van der Waals surface area contributed by atoms with E-state index in [0.29, 0.717) is 0 Å². The second kappa shape index (κ2) is 34.4. The van der Waals surface area contributed by atoms with E-state index in [1.807, 2.05) is 18.5 Å². The van der Waals surface area contributed by atoms with Gasteiger partial charge in [0, 0.05) is 12.4 Å². The number of rotatable bonds is 37. The minimum Gasteiger partial charge on any atom is -0.255 e. The van der Waals surface area contributed by atoms with Gasteiger partial charge in [0.05, 0.1) is 11.4 Å². The van der Waals surface area contributed by atoms with Crippen molar-refractivity contribution in [1.29, 1.82) is 0 Å². The molecule has 2 nitrogen and oxygen atoms in total. The molecule has 0 aliphatic heterocycles. The molecular formula is C48H84N2. The van der Waals surface area contributed by atoms with Crippen molar-refractivity contribution in [3.63, 3.8) is 0 Å². The summed E-state index contributed by atoms with van der Waals surface area (Å²) in [7, 11) is 0. The van der Waals surface area contributed by atoms with Crippen LogP contribution in [-0.2, 0) is 12.8 Å². The summed E-state index contributed by atoms with van der Waals surface area (Å²) >= 11 is 0. The third-order valence-electron chi connectivity index (χ3n) is 11.1. The van der Waals surface area contributed by atoms with Gasteiger partial charge in [-0.3, -0.25) is 9.97 Å². The van der Waals surface area contributed by atoms with Gasteiger partial charge >= 0.3 is 0 Å². The van der Waals surface area contributed by atoms with Crippen LogP contribution in [0.15, 0.2) is 36.7 Å². The van der Waals surface area contributed by atoms with Crippen molar-refractivity contribution in [1.82, 2.24) is 9.97 Å². The first kappa shape index (κ1) is 44.5. The van der Waals surface area contributed by atoms with Crippen molar-refractivity contribution in [3.8, 4) is 11.4 Å². The Kier molecular flexibility index (Phi) is 30.6. The van der Waals surface area contributed by atoms with E-state index in [9.17, 15) is 0 Å². The van der Waals surface area contributed by atoms with Crippen LogP contribution < -0.4 is 0 Å². The Hall–Kier alpha value is -1.70. The first-order valence-electron chi connectivity index (χ1n) is 22.7. The van der Waals surface area contributed by atoms with Gasteiger partial charge in [0.2, 0.25) is 0 Å². The van der Waals surface area contributed by atoms with Crippen LogP contribution in [0.1, 0.15) is 243 Å². The summed E-state index contributed by atoms with van der Waals surface area (Å²) < 4.78 is 0. The Morgan fingerprint density at radius 2 is 0.700 bits per heavy atom. The summed E-state index contributed by atoms with van der Waals surface area (Å²) in [6, 6.07) is 8.56. The van der Waals surface area contributed by atoms with E-state index in [1.165, 1.54) is 236 Å². The summed E-state index contributed by atoms with van der Waals surface area (Å²) in [5.41, 5.74) is 5.17. The number of aryl methyl sites for hydroxylation is 1. The molecule has 286 valence electrons. The van der Waals surface area contributed by atoms with E-state index >= 15 is 0 Å². The van der Waals surface area contributed by atoms with Gasteiger partial charge in [0.25, 0.3) is 0 Å². The highest BCUT2D eigenvalue weighted by atomic mass is 14.8. The predicted octanol–water partition coefficient (Wildman–Crippen LogP) is 16.5. The van der Waals surface area contributed by atoms with Crippen LogP contribution in [0.2, 0.25) is 0 Å². The zero-order valence-corrected chi connectivity index (χ0v) is 33.8. The Balaban J connectivity index is 1.54. The van der Waals surface area contributed by atoms with E-state index in [4.69, 9.17) is 9.97 Å². The molecule has 0 unspecified atom stereocenters. The summed E-state index contributed by atoms with van der Waals surface area (Å²) in [6.45, 7) is 4.61. The van der Waals surface area contributed by atoms with Crippen molar-refractivity contribution in [2.75, 3.05) is 0 Å². The van der Waals surface area contributed by atoms with Crippen molar-refractivity contribution < 1.29 is 0 Å². The number of nitrogens with zero attached hydrogens (tertiary/aromatic N) is 2. The quantitative estimate of drug-likeness (QED) is 0.0660. The minimum atomic E-state index is 1.04. The van der Waals surface area contributed by atoms with Crippen LogP contribution in [0, 0.1) is 0 Å². The largest absolute Gasteiger partial charge is 0.255 e. The smallest absolute Gasteiger partial charge is 0.0920 e. The Morgan fingerprint density at radius 3 is 1.06 bits per heavy atom. The van der Waals surface area contributed by atoms with Crippen molar-refractivity contribution in [3.05, 3.63) is 47.8 Å². The molecule has 0 atom stereocenters. The highest BCUT2D eigenvalue weighted by molar-refractivity contribution is 5.60. The fourth-order valence-corrected chi connectivity index (χ4v) is 7.84. The van der Waals surface area contributed by atoms with Gasteiger partial charge in [-0.05, 0) is 55.0 Å². The lowest BCUT2D eigenvalue weighted by molar-refractivity contribution is 0.526. The number of hydrogen-bond donors (Lipinski definition) is 0. The molecule has 0 radical (unpaired) electrons. The van der Waals surface area contributed by atoms with E-state index in [2.05, 4.69) is 32.0 Å². The molecular weight excluding hydrogens is 605 g/mol. The molecule has 2 aromatic heterocycles. The predicted molar refractivity (Wildman–Crippen MR) is 223 cm³/mol. The van der Waals surface area contributed by atoms with E-state index in [1.54, 1.807) is 0 Å². The topological polar surface area (TPSA) is 25.8 Å². The third-order valence-corrected chi connectivity index (χ3v) is 11.1. The van der Waals surface area contributed by atoms with Gasteiger partial charge in [-0.25, -0.2) is 0 Å². The molecule has 0 bridgehead atoms. The summed E-state index contributed by atoms with van der Waals surface area (Å²) in [5.74, 6) is 0. The van der Waals surface area contributed by atoms with Gasteiger partial charge in [-0.15, -0.1) is 0 Å². The van der Waals surface area contributed by atoms with Crippen molar-refractivity contribution in [2.45, 2.75) is 245 Å². The average Bonchev–Trinajstić information content (AvgIpc) is 3.14. The van der Waals surface area contributed by atoms with Crippen molar-refractivity contribution in [2.24, 2.45) is 0 Å². The van der Waals surface area contributed by atoms with Crippen LogP contribution in [0.5, 0.6) is 0 Å². The lowest BCUT2D eigenvalue weighted by atomic mass is 9.94. The molecule has 0 spiro atoms. The van der Waals surface area contributed by atoms with Crippen LogP contribution in [0.4, 0.5) is 0 Å². The number of hydrogen-bond acceptors (Lipinski definition) is 2. The number of aromatic nitrogens is 2. The summed E-state index contributed by atoms with van der Waals surface area (Å²) in [6.07, 6.45) is 54.7. The van der Waals surface area contributed by atoms with Crippen molar-refractivity contribution >= 4 is 0 Å². The first-order chi connectivity index (χ1) is 24.9. The maximum absolute atomic E-state index is 4.87. The Labute approximate surface area is 313 Å². The number of unbranched alkanes of at least 4 members (excludes halogenated alkanes) is 32. The fourth-order valence-electron chi connectivity index (χ4n) is 7.84. The summed E-state index contributed by atoms with van der Waals surface area (Å²) in [5, 5.41) is 0. The molecule has 0 saturated carbocycles. The molecule has 0 saturated heterocycles. The molecule has 0 aromatic carbocycles. The van der Waals surface area contributed by atoms with Crippen LogP contribution in [0.3, 0.4) is 0 Å². The highest BCUT2D eigenvalue weighted by Gasteiger charge is 2.12. The lowest BCUT2D eigenvalue weighted by Crippen LogP contribution is -2.02. The van der Waals surface area contributed by atoms with Gasteiger partial charge in [0.15, 0.2) is 0 Å². The first-order valence-corrected chi connectivity index (χ1v) is 22.7. The van der Waals surface area contributed by atoms with Gasteiger partial charge in [0.1, 0.15) is 0 Å². The maximum Gasteiger partial charge on any atom is 0.0920 e. The average molecular weight is 689 g/mol. The third kappa shape index (κ3) is 24.5. The molecule has 2 rings (SSSR count). The SMILES string of the molecule is CCCCCCCCCCCCCCCCCCCc1ccnc(-c2ccccn2)c1CCCCCCCCCCCCCCCCCCC. The molecule has 0 amide bonds. The molecule has 0 aliphatic rings. The second-order valence-electron chi connectivity index (χ2n) is 15.8. The van der Waals surface area contributed by atoms with Gasteiger partial charge < -0.3 is 0 Å². The highest BCUT2D eigenvalue weighted by Crippen LogP contribution is 2.26. The molecule has 2 aromatic rings. The van der Waals surface area contributed by atoms with Crippen LogP contribution >= 0.6 is 0 Å². The lowest BCUT2D eigenvalue weighted by Gasteiger charge is -2.14. The zero-order chi connectivity index (χ0) is 35.4. The molecule has 2 heterocycles. The van der Waals surface area contributed by atoms with E-state index in [0.717, 1.165) is 17.8 Å². The van der Waals surface area contributed by atoms with Gasteiger partial charge in [-0.2, -0.15) is 0 Å². The summed E-state index contributed by atoms with van der Waals surface area (Å²) in [4.78, 5) is 9.57. The molecule has 0 aliphatic carbocycles. The normalized spacial score (nSPS) is 11.5. The molecule has 50 heavy (non-hydrogen) atoms. The number of pyridine rings is 2. The van der Waals surface area contributed by atoms with Crippen LogP contribution in [-0.4, -0.2) is 9.97 Å². The van der Waals surface area contributed by atoms with Crippen LogP contribution in [0.25, 0.3) is 11.4 Å². The van der Waals surface area contributed by atoms with E-state index < -0.39 is 0 Å². The van der Waals surface area contributed by atoms with E-state index in [-0.39, 0.29) is 0 Å².